The van der Waals surface area contributed by atoms with Crippen LogP contribution >= 0.6 is 0 Å². The molecule has 1 N–H and O–H groups in total. The van der Waals surface area contributed by atoms with E-state index < -0.39 is 0 Å². The van der Waals surface area contributed by atoms with Crippen molar-refractivity contribution in [2.75, 3.05) is 51.9 Å². The lowest BCUT2D eigenvalue weighted by molar-refractivity contribution is -0.135. The molecule has 9 heteroatoms. The maximum Gasteiger partial charge on any atom is 0.277 e. The molecule has 0 spiro atoms. The van der Waals surface area contributed by atoms with Gasteiger partial charge in [0.25, 0.3) is 5.91 Å². The quantitative estimate of drug-likeness (QED) is 0.408. The molecule has 0 saturated carbocycles. The van der Waals surface area contributed by atoms with E-state index in [1.54, 1.807) is 12.3 Å². The van der Waals surface area contributed by atoms with E-state index in [1.807, 2.05) is 77.1 Å². The molecular formula is C25H29N5O4. The van der Waals surface area contributed by atoms with Crippen LogP contribution in [0.1, 0.15) is 5.56 Å². The fourth-order valence-corrected chi connectivity index (χ4v) is 3.77. The van der Waals surface area contributed by atoms with Gasteiger partial charge in [-0.2, -0.15) is 5.10 Å². The number of nitrogens with one attached hydrogen (secondary N) is 1. The Morgan fingerprint density at radius 3 is 2.74 bits per heavy atom. The number of hydrogen-bond donors (Lipinski definition) is 1. The molecule has 1 fully saturated rings. The zero-order valence-corrected chi connectivity index (χ0v) is 19.4. The number of morpholine rings is 1. The Hall–Kier alpha value is -3.85. The van der Waals surface area contributed by atoms with E-state index in [9.17, 15) is 9.59 Å². The maximum absolute atomic E-state index is 12.7. The minimum absolute atomic E-state index is 0.0522. The maximum atomic E-state index is 12.7. The number of para-hydroxylation sites is 1. The van der Waals surface area contributed by atoms with Crippen molar-refractivity contribution < 1.29 is 19.1 Å². The number of amides is 2. The molecule has 1 aliphatic rings. The van der Waals surface area contributed by atoms with Crippen LogP contribution in [-0.2, 0) is 20.9 Å². The molecule has 34 heavy (non-hydrogen) atoms. The summed E-state index contributed by atoms with van der Waals surface area (Å²) in [7, 11) is 3.88. The van der Waals surface area contributed by atoms with Gasteiger partial charge in [0.05, 0.1) is 19.4 Å². The Kier molecular flexibility index (Phi) is 7.44. The minimum atomic E-state index is -0.363. The van der Waals surface area contributed by atoms with Crippen molar-refractivity contribution in [2.45, 2.75) is 6.54 Å². The third kappa shape index (κ3) is 5.74. The van der Waals surface area contributed by atoms with Gasteiger partial charge in [0.1, 0.15) is 12.3 Å². The van der Waals surface area contributed by atoms with Crippen LogP contribution in [-0.4, -0.2) is 74.5 Å². The van der Waals surface area contributed by atoms with E-state index in [-0.39, 0.29) is 25.0 Å². The SMILES string of the molecule is CN(C)c1cccc(OCC(=O)N/N=C/c2cn(CC(=O)N3CCOCC3)c3ccccc23)c1. The lowest BCUT2D eigenvalue weighted by Gasteiger charge is -2.27. The van der Waals surface area contributed by atoms with Crippen molar-refractivity contribution in [1.82, 2.24) is 14.9 Å². The first-order valence-electron chi connectivity index (χ1n) is 11.2. The summed E-state index contributed by atoms with van der Waals surface area (Å²) in [6.45, 7) is 2.45. The number of hydrogen-bond acceptors (Lipinski definition) is 6. The van der Waals surface area contributed by atoms with Crippen LogP contribution in [0.5, 0.6) is 5.75 Å². The van der Waals surface area contributed by atoms with E-state index in [2.05, 4.69) is 10.5 Å². The fourth-order valence-electron chi connectivity index (χ4n) is 3.77. The van der Waals surface area contributed by atoms with Crippen LogP contribution in [0.25, 0.3) is 10.9 Å². The van der Waals surface area contributed by atoms with E-state index in [1.165, 1.54) is 0 Å². The Labute approximate surface area is 198 Å². The van der Waals surface area contributed by atoms with E-state index in [0.29, 0.717) is 32.1 Å². The lowest BCUT2D eigenvalue weighted by Crippen LogP contribution is -2.42. The van der Waals surface area contributed by atoms with Gasteiger partial charge in [0.2, 0.25) is 5.91 Å². The largest absolute Gasteiger partial charge is 0.484 e. The van der Waals surface area contributed by atoms with Crippen LogP contribution in [0.2, 0.25) is 0 Å². The molecule has 0 radical (unpaired) electrons. The summed E-state index contributed by atoms with van der Waals surface area (Å²) in [5.74, 6) is 0.299. The summed E-state index contributed by atoms with van der Waals surface area (Å²) in [5, 5.41) is 5.05. The Morgan fingerprint density at radius 1 is 1.15 bits per heavy atom. The van der Waals surface area contributed by atoms with Crippen LogP contribution in [0.3, 0.4) is 0 Å². The molecule has 3 aromatic rings. The highest BCUT2D eigenvalue weighted by molar-refractivity contribution is 6.00. The van der Waals surface area contributed by atoms with Gasteiger partial charge in [-0.05, 0) is 18.2 Å². The number of anilines is 1. The van der Waals surface area contributed by atoms with Crippen molar-refractivity contribution in [1.29, 1.82) is 0 Å². The zero-order valence-electron chi connectivity index (χ0n) is 19.4. The highest BCUT2D eigenvalue weighted by Crippen LogP contribution is 2.21. The lowest BCUT2D eigenvalue weighted by atomic mass is 10.2. The smallest absolute Gasteiger partial charge is 0.277 e. The highest BCUT2D eigenvalue weighted by atomic mass is 16.5. The van der Waals surface area contributed by atoms with Gasteiger partial charge in [-0.1, -0.05) is 24.3 Å². The molecule has 0 unspecified atom stereocenters. The number of fused-ring (bicyclic) bond motifs is 1. The number of hydrazone groups is 1. The summed E-state index contributed by atoms with van der Waals surface area (Å²) >= 11 is 0. The molecular weight excluding hydrogens is 434 g/mol. The average Bonchev–Trinajstić information content (AvgIpc) is 3.20. The Balaban J connectivity index is 1.38. The molecule has 2 heterocycles. The summed E-state index contributed by atoms with van der Waals surface area (Å²) in [4.78, 5) is 28.7. The Bertz CT molecular complexity index is 1180. The summed E-state index contributed by atoms with van der Waals surface area (Å²) in [6, 6.07) is 15.3. The van der Waals surface area contributed by atoms with Gasteiger partial charge in [0, 0.05) is 61.6 Å². The second-order valence-corrected chi connectivity index (χ2v) is 8.20. The molecule has 4 rings (SSSR count). The highest BCUT2D eigenvalue weighted by Gasteiger charge is 2.18. The first-order chi connectivity index (χ1) is 16.5. The fraction of sp³-hybridized carbons (Fsp3) is 0.320. The summed E-state index contributed by atoms with van der Waals surface area (Å²) in [6.07, 6.45) is 3.46. The third-order valence-corrected chi connectivity index (χ3v) is 5.59. The molecule has 0 bridgehead atoms. The Morgan fingerprint density at radius 2 is 1.94 bits per heavy atom. The number of aromatic nitrogens is 1. The van der Waals surface area contributed by atoms with Gasteiger partial charge in [-0.15, -0.1) is 0 Å². The van der Waals surface area contributed by atoms with Gasteiger partial charge < -0.3 is 23.8 Å². The molecule has 2 aromatic carbocycles. The molecule has 9 nitrogen and oxygen atoms in total. The zero-order chi connectivity index (χ0) is 23.9. The number of ether oxygens (including phenoxy) is 2. The van der Waals surface area contributed by atoms with E-state index >= 15 is 0 Å². The standard InChI is InChI=1S/C25H29N5O4/c1-28(2)20-6-5-7-21(14-20)34-18-24(31)27-26-15-19-16-30(23-9-4-3-8-22(19)23)17-25(32)29-10-12-33-13-11-29/h3-9,14-16H,10-13,17-18H2,1-2H3,(H,27,31)/b26-15+. The first-order valence-corrected chi connectivity index (χ1v) is 11.2. The van der Waals surface area contributed by atoms with Crippen molar-refractivity contribution in [2.24, 2.45) is 5.10 Å². The molecule has 0 atom stereocenters. The monoisotopic (exact) mass is 463 g/mol. The van der Waals surface area contributed by atoms with Crippen LogP contribution < -0.4 is 15.1 Å². The number of rotatable bonds is 8. The van der Waals surface area contributed by atoms with Gasteiger partial charge in [-0.25, -0.2) is 5.43 Å². The molecule has 0 aliphatic carbocycles. The number of nitrogens with zero attached hydrogens (tertiary/aromatic N) is 4. The normalized spacial score (nSPS) is 13.9. The average molecular weight is 464 g/mol. The van der Waals surface area contributed by atoms with Crippen LogP contribution in [0, 0.1) is 0 Å². The predicted octanol–water partition coefficient (Wildman–Crippen LogP) is 2.10. The second-order valence-electron chi connectivity index (χ2n) is 8.20. The summed E-state index contributed by atoms with van der Waals surface area (Å²) < 4.78 is 12.8. The molecule has 178 valence electrons. The molecule has 2 amide bonds. The first kappa shape index (κ1) is 23.3. The number of carbonyl (C=O) groups is 2. The van der Waals surface area contributed by atoms with Gasteiger partial charge in [-0.3, -0.25) is 9.59 Å². The van der Waals surface area contributed by atoms with Gasteiger partial charge >= 0.3 is 0 Å². The van der Waals surface area contributed by atoms with Crippen molar-refractivity contribution in [3.63, 3.8) is 0 Å². The topological polar surface area (TPSA) is 88.4 Å². The van der Waals surface area contributed by atoms with E-state index in [4.69, 9.17) is 9.47 Å². The van der Waals surface area contributed by atoms with E-state index in [0.717, 1.165) is 22.2 Å². The van der Waals surface area contributed by atoms with Crippen LogP contribution in [0.4, 0.5) is 5.69 Å². The molecule has 1 aliphatic heterocycles. The van der Waals surface area contributed by atoms with Crippen molar-refractivity contribution in [3.05, 3.63) is 60.3 Å². The third-order valence-electron chi connectivity index (χ3n) is 5.59. The predicted molar refractivity (Wildman–Crippen MR) is 131 cm³/mol. The second kappa shape index (κ2) is 10.8. The summed E-state index contributed by atoms with van der Waals surface area (Å²) in [5.41, 5.74) is 5.23. The molecule has 1 aromatic heterocycles. The van der Waals surface area contributed by atoms with Crippen molar-refractivity contribution >= 4 is 34.6 Å². The van der Waals surface area contributed by atoms with Crippen LogP contribution in [0.15, 0.2) is 59.8 Å². The number of benzene rings is 2. The van der Waals surface area contributed by atoms with Crippen molar-refractivity contribution in [3.8, 4) is 5.75 Å². The van der Waals surface area contributed by atoms with Gasteiger partial charge in [0.15, 0.2) is 6.61 Å². The minimum Gasteiger partial charge on any atom is -0.484 e. The molecule has 1 saturated heterocycles. The number of carbonyl (C=O) groups excluding carboxylic acids is 2.